The Kier molecular flexibility index (Phi) is 3.82. The number of rotatable bonds is 3. The summed E-state index contributed by atoms with van der Waals surface area (Å²) in [6.07, 6.45) is 6.45. The number of carbonyl (C=O) groups is 1. The number of carboxylic acid groups (broad SMARTS) is 1. The second kappa shape index (κ2) is 5.35. The van der Waals surface area contributed by atoms with Gasteiger partial charge in [0.1, 0.15) is 0 Å². The highest BCUT2D eigenvalue weighted by atomic mass is 16.4. The van der Waals surface area contributed by atoms with E-state index < -0.39 is 5.97 Å². The van der Waals surface area contributed by atoms with Gasteiger partial charge in [-0.1, -0.05) is 25.5 Å². The van der Waals surface area contributed by atoms with Gasteiger partial charge in [-0.25, -0.2) is 4.79 Å². The first-order chi connectivity index (χ1) is 8.20. The summed E-state index contributed by atoms with van der Waals surface area (Å²) < 4.78 is 0. The van der Waals surface area contributed by atoms with E-state index in [4.69, 9.17) is 5.11 Å². The Morgan fingerprint density at radius 1 is 1.18 bits per heavy atom. The van der Waals surface area contributed by atoms with Gasteiger partial charge in [0.2, 0.25) is 0 Å². The second-order valence-electron chi connectivity index (χ2n) is 5.05. The lowest BCUT2D eigenvalue weighted by Gasteiger charge is -2.28. The van der Waals surface area contributed by atoms with E-state index in [-0.39, 0.29) is 0 Å². The number of benzene rings is 1. The summed E-state index contributed by atoms with van der Waals surface area (Å²) in [5.74, 6) is 0.705. The topological polar surface area (TPSA) is 37.3 Å². The molecule has 2 nitrogen and oxygen atoms in total. The minimum atomic E-state index is -0.841. The van der Waals surface area contributed by atoms with Crippen molar-refractivity contribution in [1.29, 1.82) is 0 Å². The van der Waals surface area contributed by atoms with Crippen molar-refractivity contribution in [3.8, 4) is 0 Å². The van der Waals surface area contributed by atoms with E-state index in [9.17, 15) is 4.79 Å². The molecule has 0 unspecified atom stereocenters. The molecule has 1 aliphatic rings. The molecule has 17 heavy (non-hydrogen) atoms. The van der Waals surface area contributed by atoms with Crippen molar-refractivity contribution in [1.82, 2.24) is 0 Å². The SMILES string of the molecule is CC[C@H]1CC[C@H](c2ccc(C(=O)O)cc2)CC1. The predicted molar refractivity (Wildman–Crippen MR) is 68.4 cm³/mol. The predicted octanol–water partition coefficient (Wildman–Crippen LogP) is 4.07. The van der Waals surface area contributed by atoms with Crippen LogP contribution >= 0.6 is 0 Å². The average Bonchev–Trinajstić information content (AvgIpc) is 2.39. The molecule has 92 valence electrons. The molecule has 0 saturated heterocycles. The van der Waals surface area contributed by atoms with Crippen LogP contribution in [0, 0.1) is 5.92 Å². The zero-order chi connectivity index (χ0) is 12.3. The van der Waals surface area contributed by atoms with Crippen LogP contribution in [-0.2, 0) is 0 Å². The van der Waals surface area contributed by atoms with E-state index in [1.54, 1.807) is 12.1 Å². The minimum absolute atomic E-state index is 0.385. The highest BCUT2D eigenvalue weighted by Gasteiger charge is 2.21. The van der Waals surface area contributed by atoms with Crippen molar-refractivity contribution < 1.29 is 9.90 Å². The van der Waals surface area contributed by atoms with Gasteiger partial charge < -0.3 is 5.11 Å². The van der Waals surface area contributed by atoms with Gasteiger partial charge in [0, 0.05) is 0 Å². The van der Waals surface area contributed by atoms with E-state index in [1.807, 2.05) is 12.1 Å². The van der Waals surface area contributed by atoms with Gasteiger partial charge in [0.25, 0.3) is 0 Å². The number of aromatic carboxylic acids is 1. The fraction of sp³-hybridized carbons (Fsp3) is 0.533. The Morgan fingerprint density at radius 2 is 1.76 bits per heavy atom. The van der Waals surface area contributed by atoms with Gasteiger partial charge in [-0.2, -0.15) is 0 Å². The summed E-state index contributed by atoms with van der Waals surface area (Å²) >= 11 is 0. The largest absolute Gasteiger partial charge is 0.478 e. The summed E-state index contributed by atoms with van der Waals surface area (Å²) in [6.45, 7) is 2.27. The van der Waals surface area contributed by atoms with Gasteiger partial charge in [0.05, 0.1) is 5.56 Å². The first-order valence-corrected chi connectivity index (χ1v) is 6.54. The Balaban J connectivity index is 2.01. The second-order valence-corrected chi connectivity index (χ2v) is 5.05. The summed E-state index contributed by atoms with van der Waals surface area (Å²) in [7, 11) is 0. The molecule has 0 aliphatic heterocycles. The smallest absolute Gasteiger partial charge is 0.335 e. The van der Waals surface area contributed by atoms with E-state index in [1.165, 1.54) is 37.7 Å². The van der Waals surface area contributed by atoms with Crippen LogP contribution in [0.4, 0.5) is 0 Å². The molecule has 1 aliphatic carbocycles. The Bertz CT molecular complexity index is 372. The number of hydrogen-bond acceptors (Lipinski definition) is 1. The zero-order valence-corrected chi connectivity index (χ0v) is 10.4. The van der Waals surface area contributed by atoms with Gasteiger partial charge in [-0.3, -0.25) is 0 Å². The van der Waals surface area contributed by atoms with Gasteiger partial charge in [0.15, 0.2) is 0 Å². The lowest BCUT2D eigenvalue weighted by atomic mass is 9.78. The normalized spacial score (nSPS) is 24.5. The van der Waals surface area contributed by atoms with Crippen molar-refractivity contribution in [2.45, 2.75) is 44.9 Å². The lowest BCUT2D eigenvalue weighted by molar-refractivity contribution is 0.0697. The molecular weight excluding hydrogens is 212 g/mol. The fourth-order valence-electron chi connectivity index (χ4n) is 2.80. The summed E-state index contributed by atoms with van der Waals surface area (Å²) in [5, 5.41) is 8.85. The maximum Gasteiger partial charge on any atom is 0.335 e. The maximum atomic E-state index is 10.8. The maximum absolute atomic E-state index is 10.8. The molecule has 1 fully saturated rings. The molecule has 2 heteroatoms. The van der Waals surface area contributed by atoms with Crippen molar-refractivity contribution in [3.63, 3.8) is 0 Å². The van der Waals surface area contributed by atoms with Crippen LogP contribution in [-0.4, -0.2) is 11.1 Å². The molecule has 0 aromatic heterocycles. The van der Waals surface area contributed by atoms with Crippen LogP contribution in [0.2, 0.25) is 0 Å². The standard InChI is InChI=1S/C15H20O2/c1-2-11-3-5-12(6-4-11)13-7-9-14(10-8-13)15(16)17/h7-12H,2-6H2,1H3,(H,16,17)/t11-,12-. The van der Waals surface area contributed by atoms with Crippen molar-refractivity contribution in [3.05, 3.63) is 35.4 Å². The summed E-state index contributed by atoms with van der Waals surface area (Å²) in [4.78, 5) is 10.8. The number of carboxylic acids is 1. The molecule has 0 bridgehead atoms. The molecule has 0 atom stereocenters. The molecule has 1 aromatic rings. The third-order valence-corrected chi connectivity index (χ3v) is 4.05. The van der Waals surface area contributed by atoms with Crippen molar-refractivity contribution in [2.24, 2.45) is 5.92 Å². The average molecular weight is 232 g/mol. The Hall–Kier alpha value is -1.31. The molecular formula is C15H20O2. The lowest BCUT2D eigenvalue weighted by Crippen LogP contribution is -2.12. The third-order valence-electron chi connectivity index (χ3n) is 4.05. The van der Waals surface area contributed by atoms with E-state index >= 15 is 0 Å². The zero-order valence-electron chi connectivity index (χ0n) is 10.4. The quantitative estimate of drug-likeness (QED) is 0.853. The van der Waals surface area contributed by atoms with Gasteiger partial charge in [-0.15, -0.1) is 0 Å². The van der Waals surface area contributed by atoms with E-state index in [2.05, 4.69) is 6.92 Å². The van der Waals surface area contributed by atoms with Crippen LogP contribution < -0.4 is 0 Å². The molecule has 1 saturated carbocycles. The highest BCUT2D eigenvalue weighted by Crippen LogP contribution is 2.36. The van der Waals surface area contributed by atoms with Crippen LogP contribution in [0.25, 0.3) is 0 Å². The highest BCUT2D eigenvalue weighted by molar-refractivity contribution is 5.87. The van der Waals surface area contributed by atoms with Crippen LogP contribution in [0.5, 0.6) is 0 Å². The first-order valence-electron chi connectivity index (χ1n) is 6.54. The van der Waals surface area contributed by atoms with E-state index in [0.29, 0.717) is 11.5 Å². The van der Waals surface area contributed by atoms with Crippen LogP contribution in [0.15, 0.2) is 24.3 Å². The molecule has 0 spiro atoms. The molecule has 1 aromatic carbocycles. The fourth-order valence-corrected chi connectivity index (χ4v) is 2.80. The van der Waals surface area contributed by atoms with Crippen molar-refractivity contribution >= 4 is 5.97 Å². The Labute approximate surface area is 103 Å². The molecule has 2 rings (SSSR count). The van der Waals surface area contributed by atoms with Gasteiger partial charge >= 0.3 is 5.97 Å². The number of hydrogen-bond donors (Lipinski definition) is 1. The third kappa shape index (κ3) is 2.87. The molecule has 1 N–H and O–H groups in total. The first kappa shape index (κ1) is 12.2. The molecule has 0 amide bonds. The minimum Gasteiger partial charge on any atom is -0.478 e. The van der Waals surface area contributed by atoms with Crippen LogP contribution in [0.3, 0.4) is 0 Å². The monoisotopic (exact) mass is 232 g/mol. The summed E-state index contributed by atoms with van der Waals surface area (Å²) in [5.41, 5.74) is 1.69. The summed E-state index contributed by atoms with van der Waals surface area (Å²) in [6, 6.07) is 7.42. The molecule has 0 radical (unpaired) electrons. The van der Waals surface area contributed by atoms with Crippen molar-refractivity contribution in [2.75, 3.05) is 0 Å². The van der Waals surface area contributed by atoms with Gasteiger partial charge in [-0.05, 0) is 55.2 Å². The van der Waals surface area contributed by atoms with Crippen LogP contribution in [0.1, 0.15) is 60.9 Å². The molecule has 0 heterocycles. The Morgan fingerprint density at radius 3 is 2.24 bits per heavy atom. The van der Waals surface area contributed by atoms with E-state index in [0.717, 1.165) is 5.92 Å².